The molecule has 0 bridgehead atoms. The first kappa shape index (κ1) is 11.6. The maximum absolute atomic E-state index is 12.1. The normalized spacial score (nSPS) is 25.8. The van der Waals surface area contributed by atoms with Crippen LogP contribution in [0.1, 0.15) is 23.0 Å². The molecular weight excluding hydrogens is 222 g/mol. The molecule has 16 heavy (non-hydrogen) atoms. The minimum absolute atomic E-state index is 0.143. The molecule has 1 aliphatic rings. The van der Waals surface area contributed by atoms with Gasteiger partial charge in [-0.3, -0.25) is 4.79 Å². The van der Waals surface area contributed by atoms with E-state index in [0.29, 0.717) is 12.5 Å². The molecule has 2 atom stereocenters. The van der Waals surface area contributed by atoms with E-state index < -0.39 is 0 Å². The lowest BCUT2D eigenvalue weighted by atomic mass is 9.96. The number of thiophene rings is 1. The van der Waals surface area contributed by atoms with Crippen molar-refractivity contribution in [3.63, 3.8) is 0 Å². The van der Waals surface area contributed by atoms with E-state index in [2.05, 4.69) is 6.92 Å². The van der Waals surface area contributed by atoms with Crippen molar-refractivity contribution in [3.8, 4) is 0 Å². The van der Waals surface area contributed by atoms with Crippen LogP contribution in [0.15, 0.2) is 17.5 Å². The van der Waals surface area contributed by atoms with Crippen LogP contribution < -0.4 is 0 Å². The number of rotatable bonds is 2. The lowest BCUT2D eigenvalue weighted by molar-refractivity contribution is -0.00138. The van der Waals surface area contributed by atoms with Gasteiger partial charge in [-0.1, -0.05) is 13.0 Å². The van der Waals surface area contributed by atoms with Gasteiger partial charge in [-0.2, -0.15) is 0 Å². The third-order valence-electron chi connectivity index (χ3n) is 3.21. The van der Waals surface area contributed by atoms with Gasteiger partial charge in [0.2, 0.25) is 0 Å². The van der Waals surface area contributed by atoms with Crippen molar-refractivity contribution in [2.45, 2.75) is 19.4 Å². The maximum atomic E-state index is 12.1. The summed E-state index contributed by atoms with van der Waals surface area (Å²) in [4.78, 5) is 14.8. The van der Waals surface area contributed by atoms with Gasteiger partial charge in [0.25, 0.3) is 5.91 Å². The zero-order valence-electron chi connectivity index (χ0n) is 9.68. The van der Waals surface area contributed by atoms with Crippen LogP contribution >= 0.6 is 11.3 Å². The molecule has 0 radical (unpaired) electrons. The topological polar surface area (TPSA) is 29.5 Å². The Bertz CT molecular complexity index is 350. The average Bonchev–Trinajstić information content (AvgIpc) is 2.82. The zero-order chi connectivity index (χ0) is 11.5. The lowest BCUT2D eigenvalue weighted by Gasteiger charge is -2.36. The van der Waals surface area contributed by atoms with Gasteiger partial charge < -0.3 is 9.64 Å². The van der Waals surface area contributed by atoms with Gasteiger partial charge in [-0.05, 0) is 23.8 Å². The van der Waals surface area contributed by atoms with Gasteiger partial charge in [-0.25, -0.2) is 0 Å². The second kappa shape index (κ2) is 4.97. The highest BCUT2D eigenvalue weighted by molar-refractivity contribution is 7.12. The number of carbonyl (C=O) groups is 1. The molecule has 0 aromatic carbocycles. The molecule has 1 amide bonds. The van der Waals surface area contributed by atoms with Gasteiger partial charge in [0.15, 0.2) is 0 Å². The first-order valence-electron chi connectivity index (χ1n) is 5.58. The highest BCUT2D eigenvalue weighted by Gasteiger charge is 2.29. The molecule has 0 aliphatic carbocycles. The third kappa shape index (κ3) is 2.28. The van der Waals surface area contributed by atoms with Gasteiger partial charge >= 0.3 is 0 Å². The molecule has 4 heteroatoms. The van der Waals surface area contributed by atoms with E-state index in [4.69, 9.17) is 4.74 Å². The van der Waals surface area contributed by atoms with E-state index >= 15 is 0 Å². The number of likely N-dealkylation sites (tertiary alicyclic amines) is 1. The fourth-order valence-corrected chi connectivity index (χ4v) is 2.77. The summed E-state index contributed by atoms with van der Waals surface area (Å²) < 4.78 is 5.41. The van der Waals surface area contributed by atoms with E-state index in [0.717, 1.165) is 17.8 Å². The van der Waals surface area contributed by atoms with Crippen LogP contribution in [-0.2, 0) is 4.74 Å². The Hall–Kier alpha value is -0.870. The first-order chi connectivity index (χ1) is 7.72. The van der Waals surface area contributed by atoms with Gasteiger partial charge in [-0.15, -0.1) is 11.3 Å². The predicted molar refractivity (Wildman–Crippen MR) is 64.8 cm³/mol. The van der Waals surface area contributed by atoms with Crippen LogP contribution in [0, 0.1) is 5.92 Å². The summed E-state index contributed by atoms with van der Waals surface area (Å²) in [5.41, 5.74) is 0. The van der Waals surface area contributed by atoms with E-state index in [1.165, 1.54) is 11.3 Å². The molecule has 0 saturated carbocycles. The highest BCUT2D eigenvalue weighted by atomic mass is 32.1. The van der Waals surface area contributed by atoms with E-state index in [1.807, 2.05) is 22.4 Å². The van der Waals surface area contributed by atoms with Crippen molar-refractivity contribution in [2.75, 3.05) is 20.2 Å². The second-order valence-corrected chi connectivity index (χ2v) is 5.22. The standard InChI is InChI=1S/C12H17NO2S/c1-9-5-6-13(8-10(9)15-2)12(14)11-4-3-7-16-11/h3-4,7,9-10H,5-6,8H2,1-2H3. The number of carbonyl (C=O) groups excluding carboxylic acids is 1. The largest absolute Gasteiger partial charge is 0.379 e. The average molecular weight is 239 g/mol. The van der Waals surface area contributed by atoms with E-state index in [9.17, 15) is 4.79 Å². The van der Waals surface area contributed by atoms with Crippen LogP contribution in [0.25, 0.3) is 0 Å². The lowest BCUT2D eigenvalue weighted by Crippen LogP contribution is -2.46. The summed E-state index contributed by atoms with van der Waals surface area (Å²) in [6.07, 6.45) is 1.20. The van der Waals surface area contributed by atoms with Gasteiger partial charge in [0, 0.05) is 20.2 Å². The quantitative estimate of drug-likeness (QED) is 0.792. The molecule has 1 fully saturated rings. The van der Waals surface area contributed by atoms with Crippen LogP contribution in [-0.4, -0.2) is 37.1 Å². The number of ether oxygens (including phenoxy) is 1. The van der Waals surface area contributed by atoms with Crippen LogP contribution in [0.5, 0.6) is 0 Å². The molecule has 1 saturated heterocycles. The predicted octanol–water partition coefficient (Wildman–Crippen LogP) is 2.25. The number of hydrogen-bond donors (Lipinski definition) is 0. The van der Waals surface area contributed by atoms with E-state index in [-0.39, 0.29) is 12.0 Å². The van der Waals surface area contributed by atoms with Crippen LogP contribution in [0.4, 0.5) is 0 Å². The monoisotopic (exact) mass is 239 g/mol. The Morgan fingerprint density at radius 2 is 2.44 bits per heavy atom. The summed E-state index contributed by atoms with van der Waals surface area (Å²) >= 11 is 1.50. The molecule has 0 N–H and O–H groups in total. The Balaban J connectivity index is 2.03. The van der Waals surface area contributed by atoms with Crippen molar-refractivity contribution in [1.82, 2.24) is 4.90 Å². The number of amides is 1. The molecule has 2 heterocycles. The summed E-state index contributed by atoms with van der Waals surface area (Å²) in [7, 11) is 1.72. The second-order valence-electron chi connectivity index (χ2n) is 4.27. The van der Waals surface area contributed by atoms with Crippen LogP contribution in [0.3, 0.4) is 0 Å². The molecule has 3 nitrogen and oxygen atoms in total. The number of piperidine rings is 1. The Labute approximate surface area is 100 Å². The molecule has 0 spiro atoms. The Kier molecular flexibility index (Phi) is 3.61. The minimum atomic E-state index is 0.143. The highest BCUT2D eigenvalue weighted by Crippen LogP contribution is 2.22. The number of methoxy groups -OCH3 is 1. The van der Waals surface area contributed by atoms with E-state index in [1.54, 1.807) is 7.11 Å². The minimum Gasteiger partial charge on any atom is -0.379 e. The van der Waals surface area contributed by atoms with Crippen molar-refractivity contribution in [1.29, 1.82) is 0 Å². The zero-order valence-corrected chi connectivity index (χ0v) is 10.5. The Morgan fingerprint density at radius 1 is 1.62 bits per heavy atom. The third-order valence-corrected chi connectivity index (χ3v) is 4.07. The summed E-state index contributed by atoms with van der Waals surface area (Å²) in [6.45, 7) is 3.74. The van der Waals surface area contributed by atoms with Crippen molar-refractivity contribution >= 4 is 17.2 Å². The van der Waals surface area contributed by atoms with Crippen LogP contribution in [0.2, 0.25) is 0 Å². The Morgan fingerprint density at radius 3 is 3.06 bits per heavy atom. The summed E-state index contributed by atoms with van der Waals surface area (Å²) in [6, 6.07) is 3.80. The molecular formula is C12H17NO2S. The number of hydrogen-bond acceptors (Lipinski definition) is 3. The fraction of sp³-hybridized carbons (Fsp3) is 0.583. The molecule has 1 aromatic heterocycles. The first-order valence-corrected chi connectivity index (χ1v) is 6.46. The van der Waals surface area contributed by atoms with Crippen molar-refractivity contribution in [3.05, 3.63) is 22.4 Å². The molecule has 88 valence electrons. The smallest absolute Gasteiger partial charge is 0.264 e. The molecule has 2 rings (SSSR count). The van der Waals surface area contributed by atoms with Crippen molar-refractivity contribution < 1.29 is 9.53 Å². The number of nitrogens with zero attached hydrogens (tertiary/aromatic N) is 1. The molecule has 1 aliphatic heterocycles. The fourth-order valence-electron chi connectivity index (χ4n) is 2.08. The SMILES string of the molecule is COC1CN(C(=O)c2cccs2)CCC1C. The summed E-state index contributed by atoms with van der Waals surface area (Å²) in [5.74, 6) is 0.682. The van der Waals surface area contributed by atoms with Gasteiger partial charge in [0.1, 0.15) is 0 Å². The molecule has 2 unspecified atom stereocenters. The summed E-state index contributed by atoms with van der Waals surface area (Å²) in [5, 5.41) is 1.94. The maximum Gasteiger partial charge on any atom is 0.264 e. The molecule has 1 aromatic rings. The van der Waals surface area contributed by atoms with Crippen molar-refractivity contribution in [2.24, 2.45) is 5.92 Å². The van der Waals surface area contributed by atoms with Gasteiger partial charge in [0.05, 0.1) is 11.0 Å².